The average Bonchev–Trinajstić information content (AvgIpc) is 2.90. The predicted octanol–water partition coefficient (Wildman–Crippen LogP) is 4.13. The Bertz CT molecular complexity index is 966. The lowest BCUT2D eigenvalue weighted by atomic mass is 10.0. The lowest BCUT2D eigenvalue weighted by Crippen LogP contribution is -2.20. The Morgan fingerprint density at radius 2 is 1.88 bits per heavy atom. The summed E-state index contributed by atoms with van der Waals surface area (Å²) in [7, 11) is 4.21. The molecule has 0 aliphatic carbocycles. The second kappa shape index (κ2) is 7.18. The number of rotatable bonds is 5. The number of benzene rings is 2. The number of hydrogen-bond acceptors (Lipinski definition) is 4. The van der Waals surface area contributed by atoms with Crippen molar-refractivity contribution in [2.24, 2.45) is 4.99 Å². The van der Waals surface area contributed by atoms with Crippen LogP contribution in [0.1, 0.15) is 25.8 Å². The van der Waals surface area contributed by atoms with E-state index in [1.54, 1.807) is 11.3 Å². The molecule has 1 N–H and O–H groups in total. The van der Waals surface area contributed by atoms with E-state index in [1.165, 1.54) is 5.52 Å². The highest BCUT2D eigenvalue weighted by atomic mass is 32.1. The molecule has 0 atom stereocenters. The molecule has 0 radical (unpaired) electrons. The maximum Gasteiger partial charge on any atom is 0.186 e. The monoisotopic (exact) mass is 357 g/mol. The van der Waals surface area contributed by atoms with Crippen molar-refractivity contribution in [3.05, 3.63) is 34.6 Å². The van der Waals surface area contributed by atoms with Gasteiger partial charge in [-0.15, -0.1) is 0 Å². The molecule has 0 aliphatic heterocycles. The maximum atomic E-state index is 10.6. The number of aromatic nitrogens is 1. The molecule has 0 saturated carbocycles. The van der Waals surface area contributed by atoms with Gasteiger partial charge in [-0.25, -0.2) is 0 Å². The van der Waals surface area contributed by atoms with Gasteiger partial charge < -0.3 is 14.6 Å². The molecule has 0 spiro atoms. The minimum absolute atomic E-state index is 0.244. The van der Waals surface area contributed by atoms with Gasteiger partial charge in [-0.05, 0) is 47.8 Å². The van der Waals surface area contributed by atoms with Crippen molar-refractivity contribution in [2.45, 2.75) is 39.8 Å². The van der Waals surface area contributed by atoms with Crippen LogP contribution in [0.15, 0.2) is 29.3 Å². The molecule has 25 heavy (non-hydrogen) atoms. The Morgan fingerprint density at radius 3 is 2.52 bits per heavy atom. The molecule has 1 aromatic heterocycles. The molecule has 0 amide bonds. The molecule has 0 bridgehead atoms. The third kappa shape index (κ3) is 3.44. The summed E-state index contributed by atoms with van der Waals surface area (Å²) in [5.41, 5.74) is 2.15. The first-order valence-electron chi connectivity index (χ1n) is 8.82. The highest BCUT2D eigenvalue weighted by molar-refractivity contribution is 7.16. The SMILES string of the molecule is Cc1c(O)c2ccccc2c2c1sc(=NC(C)C)n2CCCN(C)C. The molecule has 4 nitrogen and oxygen atoms in total. The smallest absolute Gasteiger partial charge is 0.186 e. The second-order valence-corrected chi connectivity index (χ2v) is 8.09. The van der Waals surface area contributed by atoms with Crippen LogP contribution in [0.2, 0.25) is 0 Å². The number of thiazole rings is 1. The Morgan fingerprint density at radius 1 is 1.20 bits per heavy atom. The first-order chi connectivity index (χ1) is 11.9. The van der Waals surface area contributed by atoms with E-state index >= 15 is 0 Å². The molecule has 0 fully saturated rings. The summed E-state index contributed by atoms with van der Waals surface area (Å²) in [6.45, 7) is 8.19. The normalized spacial score (nSPS) is 13.0. The molecular formula is C20H27N3OS. The van der Waals surface area contributed by atoms with Gasteiger partial charge in [-0.3, -0.25) is 4.99 Å². The van der Waals surface area contributed by atoms with Gasteiger partial charge in [0.15, 0.2) is 4.80 Å². The average molecular weight is 358 g/mol. The molecular weight excluding hydrogens is 330 g/mol. The fourth-order valence-electron chi connectivity index (χ4n) is 3.21. The molecule has 1 heterocycles. The van der Waals surface area contributed by atoms with Crippen LogP contribution in [0.25, 0.3) is 21.0 Å². The largest absolute Gasteiger partial charge is 0.507 e. The fourth-order valence-corrected chi connectivity index (χ4v) is 4.52. The number of nitrogens with zero attached hydrogens (tertiary/aromatic N) is 3. The van der Waals surface area contributed by atoms with E-state index in [9.17, 15) is 5.11 Å². The quantitative estimate of drug-likeness (QED) is 0.746. The molecule has 0 saturated heterocycles. The lowest BCUT2D eigenvalue weighted by Gasteiger charge is -2.13. The summed E-state index contributed by atoms with van der Waals surface area (Å²) >= 11 is 1.69. The second-order valence-electron chi connectivity index (χ2n) is 7.11. The lowest BCUT2D eigenvalue weighted by molar-refractivity contribution is 0.386. The molecule has 3 aromatic rings. The van der Waals surface area contributed by atoms with Crippen molar-refractivity contribution >= 4 is 32.3 Å². The minimum Gasteiger partial charge on any atom is -0.507 e. The number of fused-ring (bicyclic) bond motifs is 3. The molecule has 5 heteroatoms. The number of hydrogen-bond donors (Lipinski definition) is 1. The Labute approximate surface area is 153 Å². The minimum atomic E-state index is 0.244. The summed E-state index contributed by atoms with van der Waals surface area (Å²) in [4.78, 5) is 8.11. The Balaban J connectivity index is 2.32. The van der Waals surface area contributed by atoms with Gasteiger partial charge in [0.25, 0.3) is 0 Å². The van der Waals surface area contributed by atoms with Gasteiger partial charge >= 0.3 is 0 Å². The summed E-state index contributed by atoms with van der Waals surface area (Å²) in [5.74, 6) is 0.390. The van der Waals surface area contributed by atoms with Crippen molar-refractivity contribution in [3.8, 4) is 5.75 Å². The van der Waals surface area contributed by atoms with E-state index in [4.69, 9.17) is 4.99 Å². The van der Waals surface area contributed by atoms with Gasteiger partial charge in [0, 0.05) is 28.9 Å². The highest BCUT2D eigenvalue weighted by Crippen LogP contribution is 2.38. The van der Waals surface area contributed by atoms with Gasteiger partial charge in [0.05, 0.1) is 10.2 Å². The summed E-state index contributed by atoms with van der Waals surface area (Å²) in [6.07, 6.45) is 1.07. The van der Waals surface area contributed by atoms with E-state index in [1.807, 2.05) is 25.1 Å². The molecule has 3 rings (SSSR count). The van der Waals surface area contributed by atoms with Crippen molar-refractivity contribution in [1.29, 1.82) is 0 Å². The maximum absolute atomic E-state index is 10.6. The van der Waals surface area contributed by atoms with Gasteiger partial charge in [0.1, 0.15) is 5.75 Å². The number of phenols is 1. The highest BCUT2D eigenvalue weighted by Gasteiger charge is 2.16. The van der Waals surface area contributed by atoms with Crippen molar-refractivity contribution in [1.82, 2.24) is 9.47 Å². The number of aromatic hydroxyl groups is 1. The van der Waals surface area contributed by atoms with Crippen LogP contribution >= 0.6 is 11.3 Å². The molecule has 0 aliphatic rings. The van der Waals surface area contributed by atoms with E-state index in [2.05, 4.69) is 43.5 Å². The van der Waals surface area contributed by atoms with Crippen LogP contribution in [-0.2, 0) is 6.54 Å². The van der Waals surface area contributed by atoms with Gasteiger partial charge in [0.2, 0.25) is 0 Å². The summed E-state index contributed by atoms with van der Waals surface area (Å²) in [5, 5.41) is 12.7. The zero-order chi connectivity index (χ0) is 18.1. The van der Waals surface area contributed by atoms with Crippen LogP contribution in [0.3, 0.4) is 0 Å². The third-order valence-corrected chi connectivity index (χ3v) is 5.61. The molecule has 134 valence electrons. The molecule has 0 unspecified atom stereocenters. The number of phenolic OH excluding ortho intramolecular Hbond substituents is 1. The van der Waals surface area contributed by atoms with Crippen LogP contribution < -0.4 is 4.80 Å². The van der Waals surface area contributed by atoms with Crippen LogP contribution in [0, 0.1) is 6.92 Å². The molecule has 2 aromatic carbocycles. The topological polar surface area (TPSA) is 40.8 Å². The Hall–Kier alpha value is -1.85. The van der Waals surface area contributed by atoms with E-state index in [-0.39, 0.29) is 6.04 Å². The van der Waals surface area contributed by atoms with Crippen molar-refractivity contribution in [3.63, 3.8) is 0 Å². The predicted molar refractivity (Wildman–Crippen MR) is 108 cm³/mol. The first kappa shape index (κ1) is 18.0. The van der Waals surface area contributed by atoms with Gasteiger partial charge in [-0.2, -0.15) is 0 Å². The van der Waals surface area contributed by atoms with E-state index in [0.717, 1.165) is 45.3 Å². The van der Waals surface area contributed by atoms with Crippen LogP contribution in [-0.4, -0.2) is 41.3 Å². The fraction of sp³-hybridized carbons (Fsp3) is 0.450. The third-order valence-electron chi connectivity index (χ3n) is 4.40. The summed E-state index contributed by atoms with van der Waals surface area (Å²) < 4.78 is 3.48. The van der Waals surface area contributed by atoms with Crippen LogP contribution in [0.4, 0.5) is 0 Å². The first-order valence-corrected chi connectivity index (χ1v) is 9.64. The Kier molecular flexibility index (Phi) is 5.16. The standard InChI is InChI=1S/C20H27N3OS/c1-13(2)21-20-23(12-8-11-22(4)5)17-15-9-6-7-10-16(15)18(24)14(3)19(17)25-20/h6-7,9-10,13,24H,8,11-12H2,1-5H3. The van der Waals surface area contributed by atoms with E-state index in [0.29, 0.717) is 5.75 Å². The van der Waals surface area contributed by atoms with Gasteiger partial charge in [-0.1, -0.05) is 35.6 Å². The van der Waals surface area contributed by atoms with E-state index < -0.39 is 0 Å². The number of aryl methyl sites for hydroxylation is 2. The van der Waals surface area contributed by atoms with Crippen LogP contribution in [0.5, 0.6) is 5.75 Å². The zero-order valence-corrected chi connectivity index (χ0v) is 16.5. The summed E-state index contributed by atoms with van der Waals surface area (Å²) in [6, 6.07) is 8.37. The van der Waals surface area contributed by atoms with Crippen molar-refractivity contribution < 1.29 is 5.11 Å². The van der Waals surface area contributed by atoms with Crippen molar-refractivity contribution in [2.75, 3.05) is 20.6 Å². The zero-order valence-electron chi connectivity index (χ0n) is 15.7.